The molecule has 1 N–H and O–H groups in total. The molecule has 0 amide bonds. The summed E-state index contributed by atoms with van der Waals surface area (Å²) in [6.45, 7) is 11.5. The normalized spacial score (nSPS) is 18.1. The van der Waals surface area contributed by atoms with Gasteiger partial charge >= 0.3 is 0 Å². The van der Waals surface area contributed by atoms with Crippen molar-refractivity contribution in [2.75, 3.05) is 26.2 Å². The van der Waals surface area contributed by atoms with Crippen molar-refractivity contribution in [1.29, 1.82) is 0 Å². The third-order valence-electron chi connectivity index (χ3n) is 4.28. The van der Waals surface area contributed by atoms with Crippen molar-refractivity contribution >= 4 is 29.9 Å². The van der Waals surface area contributed by atoms with E-state index in [9.17, 15) is 0 Å². The summed E-state index contributed by atoms with van der Waals surface area (Å²) in [4.78, 5) is 11.4. The largest absolute Gasteiger partial charge is 0.370 e. The second-order valence-corrected chi connectivity index (χ2v) is 7.69. The zero-order chi connectivity index (χ0) is 19.4. The van der Waals surface area contributed by atoms with Gasteiger partial charge in [0.1, 0.15) is 12.6 Å². The number of rotatable bonds is 4. The van der Waals surface area contributed by atoms with Gasteiger partial charge in [-0.1, -0.05) is 25.9 Å². The number of aromatic nitrogens is 4. The van der Waals surface area contributed by atoms with E-state index in [-0.39, 0.29) is 35.5 Å². The van der Waals surface area contributed by atoms with Gasteiger partial charge in [0.05, 0.1) is 19.3 Å². The van der Waals surface area contributed by atoms with E-state index < -0.39 is 0 Å². The molecule has 1 aliphatic heterocycles. The first kappa shape index (κ1) is 22.6. The number of aryl methyl sites for hydroxylation is 1. The van der Waals surface area contributed by atoms with Crippen molar-refractivity contribution in [1.82, 2.24) is 30.1 Å². The lowest BCUT2D eigenvalue weighted by Gasteiger charge is -2.34. The molecule has 0 saturated carbocycles. The molecule has 2 aromatic rings. The van der Waals surface area contributed by atoms with Gasteiger partial charge < -0.3 is 19.5 Å². The molecule has 156 valence electrons. The van der Waals surface area contributed by atoms with E-state index in [0.29, 0.717) is 24.9 Å². The van der Waals surface area contributed by atoms with E-state index in [1.807, 2.05) is 40.2 Å². The summed E-state index contributed by atoms with van der Waals surface area (Å²) in [5.41, 5.74) is 0.909. The second-order valence-electron chi connectivity index (χ2n) is 7.69. The number of ether oxygens (including phenoxy) is 1. The third kappa shape index (κ3) is 5.66. The van der Waals surface area contributed by atoms with Crippen LogP contribution in [0, 0.1) is 0 Å². The molecular weight excluding hydrogens is 473 g/mol. The molecule has 2 aromatic heterocycles. The molecule has 1 fully saturated rings. The maximum Gasteiger partial charge on any atom is 0.232 e. The molecule has 0 aliphatic carbocycles. The standard InChI is InChI=1S/C18H29N7O2.HI/c1-6-19-17(20-10-15-22-16(27-23-15)18(2,3)4)25-7-8-26-14(12-25)13-9-21-24(5)11-13;/h9,11,14H,6-8,10,12H2,1-5H3,(H,19,20);1H. The highest BCUT2D eigenvalue weighted by Gasteiger charge is 2.25. The van der Waals surface area contributed by atoms with Crippen molar-refractivity contribution < 1.29 is 9.26 Å². The number of hydrogen-bond donors (Lipinski definition) is 1. The molecule has 0 radical (unpaired) electrons. The Hall–Kier alpha value is -1.69. The van der Waals surface area contributed by atoms with Gasteiger partial charge in [-0.2, -0.15) is 10.1 Å². The third-order valence-corrected chi connectivity index (χ3v) is 4.28. The van der Waals surface area contributed by atoms with Crippen LogP contribution in [0.15, 0.2) is 21.9 Å². The van der Waals surface area contributed by atoms with Crippen LogP contribution >= 0.6 is 24.0 Å². The number of aliphatic imine (C=N–C) groups is 1. The van der Waals surface area contributed by atoms with Gasteiger partial charge in [-0.3, -0.25) is 4.68 Å². The number of nitrogens with one attached hydrogen (secondary N) is 1. The van der Waals surface area contributed by atoms with E-state index in [1.165, 1.54) is 0 Å². The fourth-order valence-electron chi connectivity index (χ4n) is 2.84. The van der Waals surface area contributed by atoms with Crippen LogP contribution in [0.5, 0.6) is 0 Å². The Morgan fingerprint density at radius 3 is 2.79 bits per heavy atom. The zero-order valence-corrected chi connectivity index (χ0v) is 19.5. The Kier molecular flexibility index (Phi) is 7.81. The van der Waals surface area contributed by atoms with Crippen LogP contribution in [0.4, 0.5) is 0 Å². The SMILES string of the molecule is CCNC(=NCc1noc(C(C)(C)C)n1)N1CCOC(c2cnn(C)c2)C1.I. The Morgan fingerprint density at radius 1 is 1.39 bits per heavy atom. The molecule has 9 nitrogen and oxygen atoms in total. The molecule has 1 aliphatic rings. The molecular formula is C18H30IN7O2. The van der Waals surface area contributed by atoms with Gasteiger partial charge in [0.15, 0.2) is 11.8 Å². The Balaban J connectivity index is 0.00000280. The van der Waals surface area contributed by atoms with Crippen LogP contribution in [-0.4, -0.2) is 57.0 Å². The summed E-state index contributed by atoms with van der Waals surface area (Å²) >= 11 is 0. The Labute approximate surface area is 182 Å². The lowest BCUT2D eigenvalue weighted by molar-refractivity contribution is -0.00805. The summed E-state index contributed by atoms with van der Waals surface area (Å²) in [6, 6.07) is 0. The van der Waals surface area contributed by atoms with Crippen LogP contribution in [0.3, 0.4) is 0 Å². The maximum atomic E-state index is 5.92. The smallest absolute Gasteiger partial charge is 0.232 e. The minimum Gasteiger partial charge on any atom is -0.370 e. The van der Waals surface area contributed by atoms with Crippen molar-refractivity contribution in [2.24, 2.45) is 12.0 Å². The summed E-state index contributed by atoms with van der Waals surface area (Å²) in [7, 11) is 1.91. The average molecular weight is 503 g/mol. The van der Waals surface area contributed by atoms with E-state index in [0.717, 1.165) is 31.2 Å². The van der Waals surface area contributed by atoms with Crippen molar-refractivity contribution in [2.45, 2.75) is 45.8 Å². The van der Waals surface area contributed by atoms with Gasteiger partial charge in [0.25, 0.3) is 0 Å². The van der Waals surface area contributed by atoms with Gasteiger partial charge in [0.2, 0.25) is 5.89 Å². The van der Waals surface area contributed by atoms with E-state index in [2.05, 4.69) is 32.4 Å². The highest BCUT2D eigenvalue weighted by molar-refractivity contribution is 14.0. The highest BCUT2D eigenvalue weighted by Crippen LogP contribution is 2.22. The van der Waals surface area contributed by atoms with E-state index in [4.69, 9.17) is 14.3 Å². The number of guanidine groups is 1. The molecule has 0 spiro atoms. The fraction of sp³-hybridized carbons (Fsp3) is 0.667. The molecule has 1 saturated heterocycles. The van der Waals surface area contributed by atoms with Crippen molar-refractivity contribution in [3.63, 3.8) is 0 Å². The summed E-state index contributed by atoms with van der Waals surface area (Å²) in [6.07, 6.45) is 3.82. The van der Waals surface area contributed by atoms with Gasteiger partial charge in [-0.05, 0) is 6.92 Å². The quantitative estimate of drug-likeness (QED) is 0.389. The molecule has 28 heavy (non-hydrogen) atoms. The predicted octanol–water partition coefficient (Wildman–Crippen LogP) is 2.26. The predicted molar refractivity (Wildman–Crippen MR) is 117 cm³/mol. The van der Waals surface area contributed by atoms with E-state index >= 15 is 0 Å². The first-order valence-electron chi connectivity index (χ1n) is 9.33. The minimum absolute atomic E-state index is 0. The maximum absolute atomic E-state index is 5.92. The van der Waals surface area contributed by atoms with Crippen LogP contribution in [0.2, 0.25) is 0 Å². The number of morpholine rings is 1. The summed E-state index contributed by atoms with van der Waals surface area (Å²) in [5, 5.41) is 11.6. The van der Waals surface area contributed by atoms with Gasteiger partial charge in [0, 0.05) is 37.3 Å². The Bertz CT molecular complexity index is 781. The number of hydrogen-bond acceptors (Lipinski definition) is 6. The molecule has 0 aromatic carbocycles. The van der Waals surface area contributed by atoms with Crippen LogP contribution < -0.4 is 5.32 Å². The van der Waals surface area contributed by atoms with E-state index in [1.54, 1.807) is 4.68 Å². The zero-order valence-electron chi connectivity index (χ0n) is 17.2. The topological polar surface area (TPSA) is 93.6 Å². The fourth-order valence-corrected chi connectivity index (χ4v) is 2.84. The lowest BCUT2D eigenvalue weighted by Crippen LogP contribution is -2.48. The van der Waals surface area contributed by atoms with Crippen molar-refractivity contribution in [3.8, 4) is 0 Å². The van der Waals surface area contributed by atoms with Gasteiger partial charge in [-0.25, -0.2) is 4.99 Å². The Morgan fingerprint density at radius 2 is 2.18 bits per heavy atom. The first-order chi connectivity index (χ1) is 12.9. The summed E-state index contributed by atoms with van der Waals surface area (Å²) < 4.78 is 13.1. The lowest BCUT2D eigenvalue weighted by atomic mass is 9.97. The molecule has 1 unspecified atom stereocenters. The van der Waals surface area contributed by atoms with Crippen LogP contribution in [-0.2, 0) is 23.7 Å². The van der Waals surface area contributed by atoms with Gasteiger partial charge in [-0.15, -0.1) is 24.0 Å². The number of nitrogens with zero attached hydrogens (tertiary/aromatic N) is 6. The molecule has 1 atom stereocenters. The highest BCUT2D eigenvalue weighted by atomic mass is 127. The monoisotopic (exact) mass is 503 g/mol. The molecule has 10 heteroatoms. The van der Waals surface area contributed by atoms with Crippen molar-refractivity contribution in [3.05, 3.63) is 29.7 Å². The molecule has 3 rings (SSSR count). The second kappa shape index (κ2) is 9.68. The average Bonchev–Trinajstić information content (AvgIpc) is 3.27. The first-order valence-corrected chi connectivity index (χ1v) is 9.33. The summed E-state index contributed by atoms with van der Waals surface area (Å²) in [5.74, 6) is 2.05. The van der Waals surface area contributed by atoms with Crippen LogP contribution in [0.1, 0.15) is 51.1 Å². The minimum atomic E-state index is -0.166. The van der Waals surface area contributed by atoms with Crippen LogP contribution in [0.25, 0.3) is 0 Å². The number of halogens is 1. The molecule has 3 heterocycles. The molecule has 0 bridgehead atoms.